The van der Waals surface area contributed by atoms with Crippen LogP contribution in [0.3, 0.4) is 0 Å². The zero-order valence-corrected chi connectivity index (χ0v) is 8.92. The maximum Gasteiger partial charge on any atom is 0.332 e. The number of nitrogens with one attached hydrogen (secondary N) is 1. The van der Waals surface area contributed by atoms with E-state index in [-0.39, 0.29) is 0 Å². The summed E-state index contributed by atoms with van der Waals surface area (Å²) in [7, 11) is 0. The van der Waals surface area contributed by atoms with Crippen LogP contribution in [0.15, 0.2) is 16.2 Å². The maximum atomic E-state index is 10.5. The van der Waals surface area contributed by atoms with Gasteiger partial charge in [0.05, 0.1) is 5.71 Å². The Labute approximate surface area is 84.2 Å². The van der Waals surface area contributed by atoms with Crippen LogP contribution in [0.25, 0.3) is 0 Å². The smallest absolute Gasteiger partial charge is 0.332 e. The minimum absolute atomic E-state index is 0.536. The molecular formula is C10H17N3O. The zero-order valence-electron chi connectivity index (χ0n) is 8.92. The first kappa shape index (κ1) is 10.8. The second-order valence-corrected chi connectivity index (χ2v) is 3.64. The Kier molecular flexibility index (Phi) is 3.28. The normalized spacial score (nSPS) is 24.5. The van der Waals surface area contributed by atoms with E-state index in [9.17, 15) is 4.79 Å². The maximum absolute atomic E-state index is 10.5. The van der Waals surface area contributed by atoms with E-state index in [1.807, 2.05) is 6.92 Å². The molecule has 0 aromatic carbocycles. The quantitative estimate of drug-likeness (QED) is 0.648. The summed E-state index contributed by atoms with van der Waals surface area (Å²) in [5.41, 5.74) is 10.8. The van der Waals surface area contributed by atoms with Crippen molar-refractivity contribution < 1.29 is 4.79 Å². The average Bonchev–Trinajstić information content (AvgIpc) is 2.38. The lowest BCUT2D eigenvalue weighted by atomic mass is 10.0. The Morgan fingerprint density at radius 2 is 2.36 bits per heavy atom. The lowest BCUT2D eigenvalue weighted by Gasteiger charge is -2.04. The molecule has 3 N–H and O–H groups in total. The molecule has 0 aliphatic heterocycles. The number of hydrogen-bond donors (Lipinski definition) is 2. The van der Waals surface area contributed by atoms with Gasteiger partial charge in [-0.05, 0) is 31.3 Å². The highest BCUT2D eigenvalue weighted by Crippen LogP contribution is 2.31. The van der Waals surface area contributed by atoms with Crippen molar-refractivity contribution in [1.82, 2.24) is 5.43 Å². The molecule has 0 heterocycles. The van der Waals surface area contributed by atoms with Crippen LogP contribution in [0.4, 0.5) is 4.79 Å². The minimum atomic E-state index is -0.608. The van der Waals surface area contributed by atoms with Gasteiger partial charge in [0.1, 0.15) is 0 Å². The molecule has 4 heteroatoms. The zero-order chi connectivity index (χ0) is 10.7. The second kappa shape index (κ2) is 4.26. The molecule has 0 spiro atoms. The number of primary amides is 1. The van der Waals surface area contributed by atoms with Crippen LogP contribution in [-0.4, -0.2) is 11.7 Å². The summed E-state index contributed by atoms with van der Waals surface area (Å²) >= 11 is 0. The van der Waals surface area contributed by atoms with Gasteiger partial charge in [0, 0.05) is 0 Å². The van der Waals surface area contributed by atoms with Gasteiger partial charge in [0.2, 0.25) is 0 Å². The van der Waals surface area contributed by atoms with Crippen LogP contribution in [0, 0.1) is 5.92 Å². The van der Waals surface area contributed by atoms with Crippen molar-refractivity contribution >= 4 is 11.7 Å². The van der Waals surface area contributed by atoms with Crippen molar-refractivity contribution in [3.8, 4) is 0 Å². The molecule has 2 amide bonds. The van der Waals surface area contributed by atoms with E-state index in [0.29, 0.717) is 5.92 Å². The molecular weight excluding hydrogens is 178 g/mol. The highest BCUT2D eigenvalue weighted by molar-refractivity contribution is 6.03. The predicted octanol–water partition coefficient (Wildman–Crippen LogP) is 1.78. The summed E-state index contributed by atoms with van der Waals surface area (Å²) in [6.45, 7) is 6.36. The van der Waals surface area contributed by atoms with Gasteiger partial charge < -0.3 is 5.73 Å². The lowest BCUT2D eigenvalue weighted by molar-refractivity contribution is 0.249. The molecule has 0 bridgehead atoms. The topological polar surface area (TPSA) is 67.5 Å². The number of hydrogen-bond acceptors (Lipinski definition) is 2. The van der Waals surface area contributed by atoms with E-state index >= 15 is 0 Å². The fourth-order valence-electron chi connectivity index (χ4n) is 1.99. The number of carbonyl (C=O) groups is 1. The van der Waals surface area contributed by atoms with E-state index in [2.05, 4.69) is 24.4 Å². The van der Waals surface area contributed by atoms with Crippen LogP contribution in [0.5, 0.6) is 0 Å². The van der Waals surface area contributed by atoms with Crippen LogP contribution in [-0.2, 0) is 0 Å². The van der Waals surface area contributed by atoms with E-state index < -0.39 is 6.03 Å². The predicted molar refractivity (Wildman–Crippen MR) is 56.9 cm³/mol. The molecule has 1 rings (SSSR count). The van der Waals surface area contributed by atoms with E-state index in [1.165, 1.54) is 11.1 Å². The van der Waals surface area contributed by atoms with Crippen molar-refractivity contribution in [1.29, 1.82) is 0 Å². The van der Waals surface area contributed by atoms with E-state index in [1.54, 1.807) is 0 Å². The Balaban J connectivity index is 2.81. The first-order chi connectivity index (χ1) is 6.56. The molecule has 14 heavy (non-hydrogen) atoms. The largest absolute Gasteiger partial charge is 0.350 e. The number of nitrogens with two attached hydrogens (primary N) is 1. The first-order valence-corrected chi connectivity index (χ1v) is 4.88. The lowest BCUT2D eigenvalue weighted by Crippen LogP contribution is -2.25. The van der Waals surface area contributed by atoms with Gasteiger partial charge in [-0.2, -0.15) is 5.10 Å². The molecule has 0 radical (unpaired) electrons. The summed E-state index contributed by atoms with van der Waals surface area (Å²) < 4.78 is 0. The third-order valence-electron chi connectivity index (χ3n) is 2.69. The van der Waals surface area contributed by atoms with Gasteiger partial charge >= 0.3 is 6.03 Å². The van der Waals surface area contributed by atoms with Crippen LogP contribution >= 0.6 is 0 Å². The Hall–Kier alpha value is -1.32. The van der Waals surface area contributed by atoms with Crippen LogP contribution < -0.4 is 11.2 Å². The number of carbonyl (C=O) groups excluding carboxylic acids is 1. The standard InChI is InChI=1S/C10H17N3O/c1-4-8-6(2)5-9(7(8)3)12-13-10(11)14/h6H,4-5H2,1-3H3,(H3,11,13,14)/b12-9-. The van der Waals surface area contributed by atoms with E-state index in [4.69, 9.17) is 5.73 Å². The van der Waals surface area contributed by atoms with Gasteiger partial charge in [0.25, 0.3) is 0 Å². The molecule has 1 atom stereocenters. The molecule has 0 fully saturated rings. The van der Waals surface area contributed by atoms with Gasteiger partial charge in [0.15, 0.2) is 0 Å². The van der Waals surface area contributed by atoms with Crippen molar-refractivity contribution in [2.45, 2.75) is 33.6 Å². The monoisotopic (exact) mass is 195 g/mol. The van der Waals surface area contributed by atoms with Crippen molar-refractivity contribution in [2.24, 2.45) is 16.8 Å². The molecule has 0 saturated carbocycles. The van der Waals surface area contributed by atoms with Crippen molar-refractivity contribution in [3.63, 3.8) is 0 Å². The number of amides is 2. The van der Waals surface area contributed by atoms with Crippen molar-refractivity contribution in [3.05, 3.63) is 11.1 Å². The molecule has 1 aliphatic rings. The number of rotatable bonds is 2. The molecule has 1 aliphatic carbocycles. The average molecular weight is 195 g/mol. The molecule has 0 aromatic heterocycles. The Morgan fingerprint density at radius 1 is 1.71 bits per heavy atom. The molecule has 78 valence electrons. The summed E-state index contributed by atoms with van der Waals surface area (Å²) in [6.07, 6.45) is 1.94. The van der Waals surface area contributed by atoms with E-state index in [0.717, 1.165) is 18.6 Å². The fourth-order valence-corrected chi connectivity index (χ4v) is 1.99. The van der Waals surface area contributed by atoms with Gasteiger partial charge in [-0.25, -0.2) is 10.2 Å². The Morgan fingerprint density at radius 3 is 2.79 bits per heavy atom. The third-order valence-corrected chi connectivity index (χ3v) is 2.69. The Bertz CT molecular complexity index is 304. The van der Waals surface area contributed by atoms with Crippen LogP contribution in [0.2, 0.25) is 0 Å². The highest BCUT2D eigenvalue weighted by Gasteiger charge is 2.23. The summed E-state index contributed by atoms with van der Waals surface area (Å²) in [5, 5.41) is 3.99. The fraction of sp³-hybridized carbons (Fsp3) is 0.600. The number of hydrazone groups is 1. The molecule has 4 nitrogen and oxygen atoms in total. The molecule has 0 aromatic rings. The van der Waals surface area contributed by atoms with Gasteiger partial charge in [-0.15, -0.1) is 0 Å². The minimum Gasteiger partial charge on any atom is -0.350 e. The van der Waals surface area contributed by atoms with Gasteiger partial charge in [-0.1, -0.05) is 19.4 Å². The van der Waals surface area contributed by atoms with Gasteiger partial charge in [-0.3, -0.25) is 0 Å². The molecule has 0 saturated heterocycles. The summed E-state index contributed by atoms with van der Waals surface area (Å²) in [6, 6.07) is -0.608. The highest BCUT2D eigenvalue weighted by atomic mass is 16.2. The molecule has 1 unspecified atom stereocenters. The summed E-state index contributed by atoms with van der Waals surface area (Å²) in [4.78, 5) is 10.5. The third kappa shape index (κ3) is 2.13. The second-order valence-electron chi connectivity index (χ2n) is 3.64. The summed E-state index contributed by atoms with van der Waals surface area (Å²) in [5.74, 6) is 0.536. The van der Waals surface area contributed by atoms with Crippen LogP contribution in [0.1, 0.15) is 33.6 Å². The number of allylic oxidation sites excluding steroid dienone is 2. The van der Waals surface area contributed by atoms with Crippen molar-refractivity contribution in [2.75, 3.05) is 0 Å². The first-order valence-electron chi connectivity index (χ1n) is 4.88. The number of urea groups is 1. The number of nitrogens with zero attached hydrogens (tertiary/aromatic N) is 1. The SMILES string of the molecule is CCC1=C(C)/C(=N\NC(N)=O)CC1C.